The lowest BCUT2D eigenvalue weighted by molar-refractivity contribution is -0.128. The SMILES string of the molecule is COc1cc(C(=O)N2CCCCCC2=O)cc(OC)c1OC. The van der Waals surface area contributed by atoms with E-state index in [1.807, 2.05) is 0 Å². The number of benzene rings is 1. The molecule has 6 heteroatoms. The smallest absolute Gasteiger partial charge is 0.260 e. The first-order valence-corrected chi connectivity index (χ1v) is 7.27. The number of amides is 2. The molecule has 0 N–H and O–H groups in total. The average Bonchev–Trinajstić information content (AvgIpc) is 2.77. The summed E-state index contributed by atoms with van der Waals surface area (Å²) in [5.74, 6) is 0.756. The number of ether oxygens (including phenoxy) is 3. The van der Waals surface area contributed by atoms with Gasteiger partial charge in [0.05, 0.1) is 21.3 Å². The topological polar surface area (TPSA) is 65.1 Å². The Bertz CT molecular complexity index is 545. The van der Waals surface area contributed by atoms with Crippen molar-refractivity contribution in [2.24, 2.45) is 0 Å². The molecule has 1 aliphatic heterocycles. The van der Waals surface area contributed by atoms with Gasteiger partial charge in [-0.25, -0.2) is 0 Å². The van der Waals surface area contributed by atoms with Gasteiger partial charge in [0, 0.05) is 18.5 Å². The molecule has 0 atom stereocenters. The fourth-order valence-electron chi connectivity index (χ4n) is 2.56. The average molecular weight is 307 g/mol. The van der Waals surface area contributed by atoms with Gasteiger partial charge in [0.25, 0.3) is 5.91 Å². The molecule has 0 aliphatic carbocycles. The van der Waals surface area contributed by atoms with Crippen molar-refractivity contribution in [3.63, 3.8) is 0 Å². The lowest BCUT2D eigenvalue weighted by atomic mass is 10.1. The summed E-state index contributed by atoms with van der Waals surface area (Å²) in [5.41, 5.74) is 0.352. The molecule has 1 heterocycles. The summed E-state index contributed by atoms with van der Waals surface area (Å²) >= 11 is 0. The molecule has 1 saturated heterocycles. The second kappa shape index (κ2) is 7.15. The maximum Gasteiger partial charge on any atom is 0.260 e. The third-order valence-corrected chi connectivity index (χ3v) is 3.73. The van der Waals surface area contributed by atoms with Crippen molar-refractivity contribution in [2.45, 2.75) is 25.7 Å². The van der Waals surface area contributed by atoms with Gasteiger partial charge >= 0.3 is 0 Å². The largest absolute Gasteiger partial charge is 0.493 e. The number of rotatable bonds is 4. The fraction of sp³-hybridized carbons (Fsp3) is 0.500. The molecule has 1 aliphatic rings. The van der Waals surface area contributed by atoms with E-state index in [1.165, 1.54) is 26.2 Å². The van der Waals surface area contributed by atoms with Gasteiger partial charge in [-0.15, -0.1) is 0 Å². The van der Waals surface area contributed by atoms with E-state index in [4.69, 9.17) is 14.2 Å². The van der Waals surface area contributed by atoms with Crippen molar-refractivity contribution < 1.29 is 23.8 Å². The van der Waals surface area contributed by atoms with E-state index in [1.54, 1.807) is 12.1 Å². The Labute approximate surface area is 129 Å². The van der Waals surface area contributed by atoms with Gasteiger partial charge < -0.3 is 14.2 Å². The minimum atomic E-state index is -0.328. The van der Waals surface area contributed by atoms with E-state index in [-0.39, 0.29) is 11.8 Å². The number of carbonyl (C=O) groups is 2. The van der Waals surface area contributed by atoms with Crippen LogP contribution in [0.3, 0.4) is 0 Å². The van der Waals surface area contributed by atoms with Crippen LogP contribution < -0.4 is 14.2 Å². The molecular weight excluding hydrogens is 286 g/mol. The van der Waals surface area contributed by atoms with Crippen LogP contribution in [0.5, 0.6) is 17.2 Å². The van der Waals surface area contributed by atoms with Gasteiger partial charge in [0.15, 0.2) is 11.5 Å². The molecule has 1 aromatic rings. The van der Waals surface area contributed by atoms with Crippen molar-refractivity contribution in [1.82, 2.24) is 4.90 Å². The molecule has 0 spiro atoms. The second-order valence-corrected chi connectivity index (χ2v) is 5.08. The van der Waals surface area contributed by atoms with Crippen molar-refractivity contribution in [2.75, 3.05) is 27.9 Å². The number of imide groups is 1. The molecule has 1 aromatic carbocycles. The summed E-state index contributed by atoms with van der Waals surface area (Å²) in [6.07, 6.45) is 3.04. The highest BCUT2D eigenvalue weighted by molar-refractivity contribution is 6.05. The molecule has 2 amide bonds. The number of likely N-dealkylation sites (tertiary alicyclic amines) is 1. The summed E-state index contributed by atoms with van der Waals surface area (Å²) in [6.45, 7) is 0.453. The van der Waals surface area contributed by atoms with Crippen LogP contribution >= 0.6 is 0 Å². The molecule has 0 saturated carbocycles. The number of hydrogen-bond donors (Lipinski definition) is 0. The van der Waals surface area contributed by atoms with E-state index < -0.39 is 0 Å². The Hall–Kier alpha value is -2.24. The first kappa shape index (κ1) is 16.1. The third-order valence-electron chi connectivity index (χ3n) is 3.73. The zero-order chi connectivity index (χ0) is 16.1. The molecule has 1 fully saturated rings. The van der Waals surface area contributed by atoms with E-state index in [0.29, 0.717) is 35.8 Å². The van der Waals surface area contributed by atoms with Crippen molar-refractivity contribution in [3.8, 4) is 17.2 Å². The van der Waals surface area contributed by atoms with Crippen molar-refractivity contribution in [1.29, 1.82) is 0 Å². The standard InChI is InChI=1S/C16H21NO5/c1-20-12-9-11(10-13(21-2)15(12)22-3)16(19)17-8-6-4-5-7-14(17)18/h9-10H,4-8H2,1-3H3. The Balaban J connectivity index is 2.38. The molecule has 120 valence electrons. The van der Waals surface area contributed by atoms with Gasteiger partial charge in [0.1, 0.15) is 0 Å². The summed E-state index contributed by atoms with van der Waals surface area (Å²) < 4.78 is 15.7. The van der Waals surface area contributed by atoms with Crippen LogP contribution in [0.25, 0.3) is 0 Å². The van der Waals surface area contributed by atoms with Crippen LogP contribution in [-0.2, 0) is 4.79 Å². The number of hydrogen-bond acceptors (Lipinski definition) is 5. The minimum absolute atomic E-state index is 0.128. The van der Waals surface area contributed by atoms with Crippen LogP contribution in [0, 0.1) is 0 Å². The van der Waals surface area contributed by atoms with E-state index >= 15 is 0 Å². The van der Waals surface area contributed by atoms with Gasteiger partial charge in [-0.3, -0.25) is 14.5 Å². The Kier molecular flexibility index (Phi) is 5.25. The number of nitrogens with zero attached hydrogens (tertiary/aromatic N) is 1. The normalized spacial score (nSPS) is 15.2. The molecule has 22 heavy (non-hydrogen) atoms. The first-order valence-electron chi connectivity index (χ1n) is 7.27. The van der Waals surface area contributed by atoms with Crippen LogP contribution in [0.1, 0.15) is 36.0 Å². The zero-order valence-electron chi connectivity index (χ0n) is 13.2. The number of carbonyl (C=O) groups excluding carboxylic acids is 2. The molecular formula is C16H21NO5. The Morgan fingerprint density at radius 1 is 1.00 bits per heavy atom. The zero-order valence-corrected chi connectivity index (χ0v) is 13.2. The Morgan fingerprint density at radius 3 is 2.18 bits per heavy atom. The highest BCUT2D eigenvalue weighted by atomic mass is 16.5. The monoisotopic (exact) mass is 307 g/mol. The molecule has 0 unspecified atom stereocenters. The lowest BCUT2D eigenvalue weighted by Crippen LogP contribution is -2.36. The summed E-state index contributed by atoms with van der Waals surface area (Å²) in [5, 5.41) is 0. The molecule has 0 aromatic heterocycles. The van der Waals surface area contributed by atoms with Gasteiger partial charge in [-0.1, -0.05) is 6.42 Å². The molecule has 0 bridgehead atoms. The van der Waals surface area contributed by atoms with Crippen LogP contribution in [0.4, 0.5) is 0 Å². The van der Waals surface area contributed by atoms with E-state index in [2.05, 4.69) is 0 Å². The first-order chi connectivity index (χ1) is 10.6. The molecule has 2 rings (SSSR count). The van der Waals surface area contributed by atoms with E-state index in [9.17, 15) is 9.59 Å². The fourth-order valence-corrected chi connectivity index (χ4v) is 2.56. The predicted molar refractivity (Wildman–Crippen MR) is 80.6 cm³/mol. The summed E-state index contributed by atoms with van der Waals surface area (Å²) in [6, 6.07) is 3.14. The maximum atomic E-state index is 12.7. The van der Waals surface area contributed by atoms with Crippen molar-refractivity contribution in [3.05, 3.63) is 17.7 Å². The number of methoxy groups -OCH3 is 3. The third kappa shape index (κ3) is 3.16. The second-order valence-electron chi connectivity index (χ2n) is 5.08. The predicted octanol–water partition coefficient (Wildman–Crippen LogP) is 2.26. The van der Waals surface area contributed by atoms with Gasteiger partial charge in [0.2, 0.25) is 11.7 Å². The summed E-state index contributed by atoms with van der Waals surface area (Å²) in [4.78, 5) is 26.0. The quantitative estimate of drug-likeness (QED) is 0.798. The minimum Gasteiger partial charge on any atom is -0.493 e. The maximum absolute atomic E-state index is 12.7. The highest BCUT2D eigenvalue weighted by Crippen LogP contribution is 2.38. The highest BCUT2D eigenvalue weighted by Gasteiger charge is 2.26. The van der Waals surface area contributed by atoms with E-state index in [0.717, 1.165) is 19.3 Å². The van der Waals surface area contributed by atoms with Crippen molar-refractivity contribution >= 4 is 11.8 Å². The molecule has 6 nitrogen and oxygen atoms in total. The molecule has 0 radical (unpaired) electrons. The van der Waals surface area contributed by atoms with Crippen LogP contribution in [0.2, 0.25) is 0 Å². The Morgan fingerprint density at radius 2 is 1.64 bits per heavy atom. The van der Waals surface area contributed by atoms with Crippen LogP contribution in [0.15, 0.2) is 12.1 Å². The lowest BCUT2D eigenvalue weighted by Gasteiger charge is -2.20. The van der Waals surface area contributed by atoms with Gasteiger partial charge in [-0.2, -0.15) is 0 Å². The summed E-state index contributed by atoms with van der Waals surface area (Å²) in [7, 11) is 4.48. The van der Waals surface area contributed by atoms with Gasteiger partial charge in [-0.05, 0) is 25.0 Å². The van der Waals surface area contributed by atoms with Crippen LogP contribution in [-0.4, -0.2) is 44.6 Å².